The van der Waals surface area contributed by atoms with Crippen LogP contribution in [0, 0.1) is 0 Å². The predicted molar refractivity (Wildman–Crippen MR) is 103 cm³/mol. The fourth-order valence-electron chi connectivity index (χ4n) is 3.61. The van der Waals surface area contributed by atoms with E-state index in [1.165, 1.54) is 11.1 Å². The molecular formula is C21H24N4O. The van der Waals surface area contributed by atoms with Gasteiger partial charge < -0.3 is 9.47 Å². The molecule has 0 unspecified atom stereocenters. The van der Waals surface area contributed by atoms with E-state index in [-0.39, 0.29) is 5.91 Å². The first kappa shape index (κ1) is 16.8. The minimum Gasteiger partial charge on any atom is -0.340 e. The molecule has 0 radical (unpaired) electrons. The molecule has 1 fully saturated rings. The summed E-state index contributed by atoms with van der Waals surface area (Å²) in [6.45, 7) is 6.68. The van der Waals surface area contributed by atoms with E-state index in [2.05, 4.69) is 51.9 Å². The average Bonchev–Trinajstić information content (AvgIpc) is 3.00. The molecule has 0 atom stereocenters. The molecule has 1 aliphatic heterocycles. The van der Waals surface area contributed by atoms with Gasteiger partial charge in [0, 0.05) is 39.6 Å². The van der Waals surface area contributed by atoms with Gasteiger partial charge in [0.25, 0.3) is 0 Å². The molecule has 0 bridgehead atoms. The van der Waals surface area contributed by atoms with E-state index in [4.69, 9.17) is 4.98 Å². The van der Waals surface area contributed by atoms with Crippen molar-refractivity contribution in [3.8, 4) is 0 Å². The van der Waals surface area contributed by atoms with Gasteiger partial charge in [-0.25, -0.2) is 4.98 Å². The molecule has 1 saturated heterocycles. The summed E-state index contributed by atoms with van der Waals surface area (Å²) in [6.07, 6.45) is 0. The fourth-order valence-corrected chi connectivity index (χ4v) is 3.61. The van der Waals surface area contributed by atoms with Crippen LogP contribution < -0.4 is 0 Å². The lowest BCUT2D eigenvalue weighted by atomic mass is 10.2. The number of amides is 1. The summed E-state index contributed by atoms with van der Waals surface area (Å²) in [5.74, 6) is 1.26. The number of imidazole rings is 1. The lowest BCUT2D eigenvalue weighted by Crippen LogP contribution is -2.47. The maximum absolute atomic E-state index is 11.5. The molecule has 26 heavy (non-hydrogen) atoms. The SMILES string of the molecule is CC(=O)N1CCN(Cc2nc3ccccc3n2Cc2ccccc2)CC1. The number of carbonyl (C=O) groups excluding carboxylic acids is 1. The van der Waals surface area contributed by atoms with Gasteiger partial charge in [0.2, 0.25) is 5.91 Å². The second-order valence-electron chi connectivity index (χ2n) is 6.87. The van der Waals surface area contributed by atoms with Gasteiger partial charge in [0.15, 0.2) is 0 Å². The number of benzene rings is 2. The molecule has 2 aromatic carbocycles. The highest BCUT2D eigenvalue weighted by Gasteiger charge is 2.21. The van der Waals surface area contributed by atoms with Gasteiger partial charge in [-0.3, -0.25) is 9.69 Å². The predicted octanol–water partition coefficient (Wildman–Crippen LogP) is 2.75. The number of fused-ring (bicyclic) bond motifs is 1. The van der Waals surface area contributed by atoms with Crippen molar-refractivity contribution < 1.29 is 4.79 Å². The lowest BCUT2D eigenvalue weighted by molar-refractivity contribution is -0.130. The van der Waals surface area contributed by atoms with E-state index in [1.54, 1.807) is 6.92 Å². The zero-order chi connectivity index (χ0) is 17.9. The van der Waals surface area contributed by atoms with Crippen molar-refractivity contribution >= 4 is 16.9 Å². The molecule has 5 nitrogen and oxygen atoms in total. The molecule has 1 amide bonds. The Morgan fingerprint density at radius 3 is 2.35 bits per heavy atom. The topological polar surface area (TPSA) is 41.4 Å². The highest BCUT2D eigenvalue weighted by atomic mass is 16.2. The second kappa shape index (κ2) is 7.30. The van der Waals surface area contributed by atoms with Crippen LogP contribution in [0.5, 0.6) is 0 Å². The number of para-hydroxylation sites is 2. The molecule has 1 aliphatic rings. The standard InChI is InChI=1S/C21H24N4O/c1-17(26)24-13-11-23(12-14-24)16-21-22-19-9-5-6-10-20(19)25(21)15-18-7-3-2-4-8-18/h2-10H,11-16H2,1H3. The molecule has 4 rings (SSSR count). The lowest BCUT2D eigenvalue weighted by Gasteiger charge is -2.34. The zero-order valence-electron chi connectivity index (χ0n) is 15.1. The maximum Gasteiger partial charge on any atom is 0.219 e. The summed E-state index contributed by atoms with van der Waals surface area (Å²) < 4.78 is 2.32. The van der Waals surface area contributed by atoms with Crippen LogP contribution in [-0.2, 0) is 17.9 Å². The highest BCUT2D eigenvalue weighted by Crippen LogP contribution is 2.20. The molecule has 3 aromatic rings. The van der Waals surface area contributed by atoms with Crippen molar-refractivity contribution in [3.63, 3.8) is 0 Å². The van der Waals surface area contributed by atoms with Crippen LogP contribution in [0.2, 0.25) is 0 Å². The Kier molecular flexibility index (Phi) is 4.71. The summed E-state index contributed by atoms with van der Waals surface area (Å²) in [6, 6.07) is 18.8. The minimum atomic E-state index is 0.168. The quantitative estimate of drug-likeness (QED) is 0.728. The van der Waals surface area contributed by atoms with Crippen molar-refractivity contribution in [3.05, 3.63) is 66.0 Å². The molecule has 2 heterocycles. The third kappa shape index (κ3) is 3.48. The average molecular weight is 348 g/mol. The number of nitrogens with zero attached hydrogens (tertiary/aromatic N) is 4. The van der Waals surface area contributed by atoms with Gasteiger partial charge in [-0.05, 0) is 17.7 Å². The van der Waals surface area contributed by atoms with Crippen molar-refractivity contribution in [1.82, 2.24) is 19.4 Å². The van der Waals surface area contributed by atoms with Crippen molar-refractivity contribution in [2.45, 2.75) is 20.0 Å². The first-order chi connectivity index (χ1) is 12.7. The highest BCUT2D eigenvalue weighted by molar-refractivity contribution is 5.76. The van der Waals surface area contributed by atoms with Crippen LogP contribution >= 0.6 is 0 Å². The van der Waals surface area contributed by atoms with Crippen LogP contribution in [0.1, 0.15) is 18.3 Å². The number of rotatable bonds is 4. The summed E-state index contributed by atoms with van der Waals surface area (Å²) in [4.78, 5) is 20.7. The summed E-state index contributed by atoms with van der Waals surface area (Å²) >= 11 is 0. The molecule has 0 aliphatic carbocycles. The third-order valence-electron chi connectivity index (χ3n) is 5.10. The van der Waals surface area contributed by atoms with Gasteiger partial charge in [-0.2, -0.15) is 0 Å². The Labute approximate surface area is 153 Å². The minimum absolute atomic E-state index is 0.168. The molecule has 0 saturated carbocycles. The number of piperazine rings is 1. The van der Waals surface area contributed by atoms with Crippen LogP contribution in [0.3, 0.4) is 0 Å². The Morgan fingerprint density at radius 1 is 0.923 bits per heavy atom. The monoisotopic (exact) mass is 348 g/mol. The van der Waals surface area contributed by atoms with Gasteiger partial charge >= 0.3 is 0 Å². The third-order valence-corrected chi connectivity index (χ3v) is 5.10. The van der Waals surface area contributed by atoms with Crippen molar-refractivity contribution in [1.29, 1.82) is 0 Å². The van der Waals surface area contributed by atoms with E-state index < -0.39 is 0 Å². The normalized spacial score (nSPS) is 15.5. The Hall–Kier alpha value is -2.66. The summed E-state index contributed by atoms with van der Waals surface area (Å²) in [7, 11) is 0. The number of hydrogen-bond donors (Lipinski definition) is 0. The van der Waals surface area contributed by atoms with E-state index in [1.807, 2.05) is 17.0 Å². The first-order valence-corrected chi connectivity index (χ1v) is 9.16. The summed E-state index contributed by atoms with van der Waals surface area (Å²) in [5, 5.41) is 0. The van der Waals surface area contributed by atoms with E-state index in [9.17, 15) is 4.79 Å². The van der Waals surface area contributed by atoms with E-state index >= 15 is 0 Å². The molecule has 1 aromatic heterocycles. The van der Waals surface area contributed by atoms with Crippen LogP contribution in [0.25, 0.3) is 11.0 Å². The molecule has 0 N–H and O–H groups in total. The molecule has 134 valence electrons. The Balaban J connectivity index is 1.58. The molecule has 5 heteroatoms. The number of aromatic nitrogens is 2. The van der Waals surface area contributed by atoms with Crippen LogP contribution in [-0.4, -0.2) is 51.4 Å². The molecular weight excluding hydrogens is 324 g/mol. The van der Waals surface area contributed by atoms with Crippen molar-refractivity contribution in [2.75, 3.05) is 26.2 Å². The Bertz CT molecular complexity index is 895. The van der Waals surface area contributed by atoms with Gasteiger partial charge in [-0.1, -0.05) is 42.5 Å². The number of carbonyl (C=O) groups is 1. The second-order valence-corrected chi connectivity index (χ2v) is 6.87. The summed E-state index contributed by atoms with van der Waals surface area (Å²) in [5.41, 5.74) is 3.49. The zero-order valence-corrected chi connectivity index (χ0v) is 15.1. The van der Waals surface area contributed by atoms with Gasteiger partial charge in [0.1, 0.15) is 5.82 Å². The first-order valence-electron chi connectivity index (χ1n) is 9.16. The maximum atomic E-state index is 11.5. The van der Waals surface area contributed by atoms with Crippen molar-refractivity contribution in [2.24, 2.45) is 0 Å². The van der Waals surface area contributed by atoms with Crippen LogP contribution in [0.15, 0.2) is 54.6 Å². The van der Waals surface area contributed by atoms with E-state index in [0.29, 0.717) is 0 Å². The van der Waals surface area contributed by atoms with E-state index in [0.717, 1.165) is 50.6 Å². The largest absolute Gasteiger partial charge is 0.340 e. The fraction of sp³-hybridized carbons (Fsp3) is 0.333. The van der Waals surface area contributed by atoms with Gasteiger partial charge in [-0.15, -0.1) is 0 Å². The number of hydrogen-bond acceptors (Lipinski definition) is 3. The van der Waals surface area contributed by atoms with Crippen LogP contribution in [0.4, 0.5) is 0 Å². The smallest absolute Gasteiger partial charge is 0.219 e. The Morgan fingerprint density at radius 2 is 1.62 bits per heavy atom. The molecule has 0 spiro atoms. The van der Waals surface area contributed by atoms with Gasteiger partial charge in [0.05, 0.1) is 17.6 Å².